The van der Waals surface area contributed by atoms with Gasteiger partial charge in [-0.15, -0.1) is 0 Å². The number of rotatable bonds is 4. The molecule has 5 nitrogen and oxygen atoms in total. The Morgan fingerprint density at radius 2 is 1.75 bits per heavy atom. The van der Waals surface area contributed by atoms with Crippen LogP contribution in [0.15, 0.2) is 29.4 Å². The van der Waals surface area contributed by atoms with Gasteiger partial charge in [-0.1, -0.05) is 29.3 Å². The van der Waals surface area contributed by atoms with Crippen LogP contribution in [0.3, 0.4) is 0 Å². The quantitative estimate of drug-likeness (QED) is 0.546. The van der Waals surface area contributed by atoms with Crippen LogP contribution >= 0.6 is 23.2 Å². The second-order valence-electron chi connectivity index (χ2n) is 8.70. The van der Waals surface area contributed by atoms with Gasteiger partial charge in [0.05, 0.1) is 16.3 Å². The molecular formula is C21H22Cl2N4O. The molecule has 4 aliphatic rings. The second kappa shape index (κ2) is 6.89. The Bertz CT molecular complexity index is 896. The van der Waals surface area contributed by atoms with Gasteiger partial charge in [0.1, 0.15) is 0 Å². The number of nitrogens with one attached hydrogen (secondary N) is 2. The summed E-state index contributed by atoms with van der Waals surface area (Å²) >= 11 is 12.2. The van der Waals surface area contributed by atoms with Crippen LogP contribution in [-0.4, -0.2) is 22.3 Å². The molecule has 0 spiro atoms. The fraction of sp³-hybridized carbons (Fsp3) is 0.476. The summed E-state index contributed by atoms with van der Waals surface area (Å²) < 4.78 is 0. The van der Waals surface area contributed by atoms with E-state index >= 15 is 0 Å². The smallest absolute Gasteiger partial charge is 0.281 e. The number of amides is 1. The predicted octanol–water partition coefficient (Wildman–Crippen LogP) is 4.95. The van der Waals surface area contributed by atoms with Crippen LogP contribution in [0.2, 0.25) is 10.0 Å². The maximum Gasteiger partial charge on any atom is 0.291 e. The number of hydrazone groups is 1. The third kappa shape index (κ3) is 3.15. The molecule has 7 heteroatoms. The predicted molar refractivity (Wildman–Crippen MR) is 110 cm³/mol. The minimum absolute atomic E-state index is 0.189. The topological polar surface area (TPSA) is 70.1 Å². The lowest BCUT2D eigenvalue weighted by Crippen LogP contribution is -2.48. The SMILES string of the molecule is O=C(N/N=C/c1c(Cl)cccc1Cl)c1cc(C23CC4CC(CC(C4)C2)C3)[nH]n1. The summed E-state index contributed by atoms with van der Waals surface area (Å²) in [6.07, 6.45) is 9.30. The van der Waals surface area contributed by atoms with Gasteiger partial charge in [-0.3, -0.25) is 9.89 Å². The molecule has 1 amide bonds. The van der Waals surface area contributed by atoms with Crippen LogP contribution in [0.25, 0.3) is 0 Å². The third-order valence-corrected chi connectivity index (χ3v) is 7.44. The molecular weight excluding hydrogens is 395 g/mol. The van der Waals surface area contributed by atoms with Crippen molar-refractivity contribution in [2.45, 2.75) is 43.9 Å². The van der Waals surface area contributed by atoms with E-state index < -0.39 is 0 Å². The van der Waals surface area contributed by atoms with Gasteiger partial charge in [0.25, 0.3) is 5.91 Å². The van der Waals surface area contributed by atoms with Crippen molar-refractivity contribution in [1.29, 1.82) is 0 Å². The first-order valence-corrected chi connectivity index (χ1v) is 10.6. The number of benzene rings is 1. The van der Waals surface area contributed by atoms with Gasteiger partial charge in [-0.2, -0.15) is 10.2 Å². The third-order valence-electron chi connectivity index (χ3n) is 6.78. The largest absolute Gasteiger partial charge is 0.291 e. The van der Waals surface area contributed by atoms with E-state index in [-0.39, 0.29) is 11.3 Å². The molecule has 6 rings (SSSR count). The molecule has 0 radical (unpaired) electrons. The highest BCUT2D eigenvalue weighted by atomic mass is 35.5. The summed E-state index contributed by atoms with van der Waals surface area (Å²) in [5.41, 5.74) is 4.77. The molecule has 4 aliphatic carbocycles. The zero-order chi connectivity index (χ0) is 19.3. The Morgan fingerprint density at radius 1 is 1.14 bits per heavy atom. The van der Waals surface area contributed by atoms with Crippen molar-refractivity contribution >= 4 is 35.3 Å². The van der Waals surface area contributed by atoms with Crippen LogP contribution in [0.1, 0.15) is 60.3 Å². The van der Waals surface area contributed by atoms with Crippen molar-refractivity contribution < 1.29 is 4.79 Å². The van der Waals surface area contributed by atoms with E-state index in [2.05, 4.69) is 20.7 Å². The van der Waals surface area contributed by atoms with Gasteiger partial charge in [-0.05, 0) is 74.5 Å². The standard InChI is InChI=1S/C21H22Cl2N4O/c22-16-2-1-3-17(23)15(16)11-24-27-20(28)18-7-19(26-25-18)21-8-12-4-13(9-21)6-14(5-12)10-21/h1-3,7,11-14H,4-6,8-10H2,(H,25,26)(H,27,28)/b24-11+. The number of carbonyl (C=O) groups is 1. The van der Waals surface area contributed by atoms with E-state index in [0.29, 0.717) is 21.3 Å². The maximum atomic E-state index is 12.5. The number of H-pyrrole nitrogens is 1. The van der Waals surface area contributed by atoms with Crippen molar-refractivity contribution in [3.8, 4) is 0 Å². The van der Waals surface area contributed by atoms with Crippen molar-refractivity contribution in [1.82, 2.24) is 15.6 Å². The van der Waals surface area contributed by atoms with Crippen LogP contribution < -0.4 is 5.43 Å². The highest BCUT2D eigenvalue weighted by Gasteiger charge is 2.52. The van der Waals surface area contributed by atoms with Crippen LogP contribution in [0.5, 0.6) is 0 Å². The monoisotopic (exact) mass is 416 g/mol. The van der Waals surface area contributed by atoms with Crippen molar-refractivity contribution in [2.24, 2.45) is 22.9 Å². The summed E-state index contributed by atoms with van der Waals surface area (Å²) in [7, 11) is 0. The summed E-state index contributed by atoms with van der Waals surface area (Å²) in [6, 6.07) is 7.13. The molecule has 2 aromatic rings. The van der Waals surface area contributed by atoms with Crippen molar-refractivity contribution in [3.05, 3.63) is 51.3 Å². The van der Waals surface area contributed by atoms with E-state index in [1.807, 2.05) is 6.07 Å². The average Bonchev–Trinajstić information content (AvgIpc) is 3.14. The Hall–Kier alpha value is -1.85. The van der Waals surface area contributed by atoms with E-state index in [1.54, 1.807) is 18.2 Å². The minimum Gasteiger partial charge on any atom is -0.281 e. The number of aromatic nitrogens is 2. The van der Waals surface area contributed by atoms with Gasteiger partial charge < -0.3 is 0 Å². The second-order valence-corrected chi connectivity index (χ2v) is 9.51. The zero-order valence-corrected chi connectivity index (χ0v) is 16.9. The number of nitrogens with zero attached hydrogens (tertiary/aromatic N) is 2. The average molecular weight is 417 g/mol. The fourth-order valence-electron chi connectivity index (χ4n) is 6.00. The highest BCUT2D eigenvalue weighted by Crippen LogP contribution is 2.60. The summed E-state index contributed by atoms with van der Waals surface area (Å²) in [5, 5.41) is 12.4. The molecule has 146 valence electrons. The molecule has 1 aromatic carbocycles. The molecule has 4 saturated carbocycles. The van der Waals surface area contributed by atoms with Crippen molar-refractivity contribution in [2.75, 3.05) is 0 Å². The van der Waals surface area contributed by atoms with Crippen LogP contribution in [0, 0.1) is 17.8 Å². The molecule has 2 N–H and O–H groups in total. The van der Waals surface area contributed by atoms with Gasteiger partial charge in [0.2, 0.25) is 0 Å². The molecule has 4 fully saturated rings. The highest BCUT2D eigenvalue weighted by molar-refractivity contribution is 6.38. The lowest BCUT2D eigenvalue weighted by molar-refractivity contribution is -0.00721. The van der Waals surface area contributed by atoms with Gasteiger partial charge >= 0.3 is 0 Å². The van der Waals surface area contributed by atoms with E-state index in [0.717, 1.165) is 23.4 Å². The number of aromatic amines is 1. The minimum atomic E-state index is -0.341. The summed E-state index contributed by atoms with van der Waals surface area (Å²) in [6.45, 7) is 0. The van der Waals surface area contributed by atoms with E-state index in [1.165, 1.54) is 44.7 Å². The van der Waals surface area contributed by atoms with Gasteiger partial charge in [0, 0.05) is 16.7 Å². The van der Waals surface area contributed by atoms with Crippen LogP contribution in [0.4, 0.5) is 0 Å². The molecule has 28 heavy (non-hydrogen) atoms. The van der Waals surface area contributed by atoms with E-state index in [9.17, 15) is 4.79 Å². The maximum absolute atomic E-state index is 12.5. The van der Waals surface area contributed by atoms with Crippen molar-refractivity contribution in [3.63, 3.8) is 0 Å². The molecule has 0 saturated heterocycles. The first-order valence-electron chi connectivity index (χ1n) is 9.86. The first-order chi connectivity index (χ1) is 13.5. The molecule has 1 heterocycles. The van der Waals surface area contributed by atoms with Crippen LogP contribution in [-0.2, 0) is 5.41 Å². The number of halogens is 2. The zero-order valence-electron chi connectivity index (χ0n) is 15.4. The lowest BCUT2D eigenvalue weighted by Gasteiger charge is -2.56. The Balaban J connectivity index is 1.30. The Labute approximate surface area is 173 Å². The molecule has 0 atom stereocenters. The Kier molecular flexibility index (Phi) is 4.48. The van der Waals surface area contributed by atoms with Gasteiger partial charge in [-0.25, -0.2) is 5.43 Å². The number of carbonyl (C=O) groups excluding carboxylic acids is 1. The molecule has 1 aromatic heterocycles. The Morgan fingerprint density at radius 3 is 2.36 bits per heavy atom. The number of hydrogen-bond donors (Lipinski definition) is 2. The summed E-state index contributed by atoms with van der Waals surface area (Å²) in [5.74, 6) is 2.19. The fourth-order valence-corrected chi connectivity index (χ4v) is 6.49. The molecule has 0 aliphatic heterocycles. The molecule has 4 bridgehead atoms. The number of hydrogen-bond acceptors (Lipinski definition) is 3. The first kappa shape index (κ1) is 18.2. The lowest BCUT2D eigenvalue weighted by atomic mass is 9.49. The normalized spacial score (nSPS) is 30.9. The summed E-state index contributed by atoms with van der Waals surface area (Å²) in [4.78, 5) is 12.5. The van der Waals surface area contributed by atoms with E-state index in [4.69, 9.17) is 23.2 Å². The molecule has 0 unspecified atom stereocenters. The van der Waals surface area contributed by atoms with Gasteiger partial charge in [0.15, 0.2) is 5.69 Å².